The fourth-order valence-electron chi connectivity index (χ4n) is 2.31. The summed E-state index contributed by atoms with van der Waals surface area (Å²) in [4.78, 5) is 23.9. The number of hydrogen-bond acceptors (Lipinski definition) is 5. The van der Waals surface area contributed by atoms with Gasteiger partial charge in [-0.1, -0.05) is 0 Å². The van der Waals surface area contributed by atoms with Gasteiger partial charge in [-0.15, -0.1) is 0 Å². The minimum Gasteiger partial charge on any atom is -0.494 e. The first-order valence-electron chi connectivity index (χ1n) is 7.75. The fraction of sp³-hybridized carbons (Fsp3) is 0.500. The molecule has 0 aromatic heterocycles. The Balaban J connectivity index is 1.77. The number of carbonyl (C=O) groups excluding carboxylic acids is 2. The molecule has 7 heteroatoms. The van der Waals surface area contributed by atoms with Gasteiger partial charge >= 0.3 is 0 Å². The van der Waals surface area contributed by atoms with E-state index in [1.165, 1.54) is 0 Å². The molecule has 0 saturated carbocycles. The normalized spacial score (nSPS) is 20.6. The number of amides is 2. The summed E-state index contributed by atoms with van der Waals surface area (Å²) in [6.45, 7) is 5.46. The average molecular weight is 321 g/mol. The Labute approximate surface area is 135 Å². The van der Waals surface area contributed by atoms with Crippen molar-refractivity contribution in [3.8, 4) is 5.75 Å². The van der Waals surface area contributed by atoms with Crippen molar-refractivity contribution < 1.29 is 19.1 Å². The second-order valence-corrected chi connectivity index (χ2v) is 5.23. The van der Waals surface area contributed by atoms with E-state index in [1.807, 2.05) is 13.8 Å². The van der Waals surface area contributed by atoms with Crippen LogP contribution in [-0.4, -0.2) is 50.3 Å². The predicted molar refractivity (Wildman–Crippen MR) is 86.5 cm³/mol. The maximum atomic E-state index is 12.0. The van der Waals surface area contributed by atoms with E-state index < -0.39 is 6.04 Å². The molecule has 1 aromatic rings. The van der Waals surface area contributed by atoms with Crippen molar-refractivity contribution in [1.82, 2.24) is 10.6 Å². The van der Waals surface area contributed by atoms with Gasteiger partial charge in [-0.2, -0.15) is 0 Å². The molecule has 2 rings (SSSR count). The number of ether oxygens (including phenoxy) is 2. The second-order valence-electron chi connectivity index (χ2n) is 5.23. The number of benzene rings is 1. The van der Waals surface area contributed by atoms with Crippen LogP contribution in [0.25, 0.3) is 0 Å². The third kappa shape index (κ3) is 5.22. The Morgan fingerprint density at radius 1 is 1.35 bits per heavy atom. The van der Waals surface area contributed by atoms with Crippen molar-refractivity contribution in [2.75, 3.05) is 31.6 Å². The minimum absolute atomic E-state index is 0.0864. The van der Waals surface area contributed by atoms with Crippen molar-refractivity contribution in [2.45, 2.75) is 26.0 Å². The summed E-state index contributed by atoms with van der Waals surface area (Å²) >= 11 is 0. The summed E-state index contributed by atoms with van der Waals surface area (Å²) in [5.41, 5.74) is 0.653. The van der Waals surface area contributed by atoms with Crippen LogP contribution < -0.4 is 20.7 Å². The lowest BCUT2D eigenvalue weighted by Gasteiger charge is -2.29. The summed E-state index contributed by atoms with van der Waals surface area (Å²) in [7, 11) is 0. The van der Waals surface area contributed by atoms with Crippen LogP contribution in [0.1, 0.15) is 13.8 Å². The van der Waals surface area contributed by atoms with Crippen molar-refractivity contribution in [3.05, 3.63) is 24.3 Å². The fourth-order valence-corrected chi connectivity index (χ4v) is 2.31. The lowest BCUT2D eigenvalue weighted by atomic mass is 10.1. The Bertz CT molecular complexity index is 533. The molecular weight excluding hydrogens is 298 g/mol. The van der Waals surface area contributed by atoms with Gasteiger partial charge in [0.25, 0.3) is 0 Å². The molecular formula is C16H23N3O4. The van der Waals surface area contributed by atoms with Gasteiger partial charge in [0, 0.05) is 12.2 Å². The first kappa shape index (κ1) is 17.2. The average Bonchev–Trinajstić information content (AvgIpc) is 2.55. The second kappa shape index (κ2) is 8.50. The number of morpholine rings is 1. The van der Waals surface area contributed by atoms with E-state index in [0.29, 0.717) is 25.4 Å². The van der Waals surface area contributed by atoms with E-state index in [0.717, 1.165) is 5.75 Å². The summed E-state index contributed by atoms with van der Waals surface area (Å²) in [6.07, 6.45) is -0.210. The molecule has 0 unspecified atom stereocenters. The van der Waals surface area contributed by atoms with Crippen LogP contribution in [0.3, 0.4) is 0 Å². The van der Waals surface area contributed by atoms with E-state index in [4.69, 9.17) is 9.47 Å². The zero-order valence-electron chi connectivity index (χ0n) is 13.4. The van der Waals surface area contributed by atoms with Gasteiger partial charge in [0.1, 0.15) is 11.8 Å². The number of rotatable bonds is 6. The highest BCUT2D eigenvalue weighted by molar-refractivity contribution is 5.95. The van der Waals surface area contributed by atoms with Gasteiger partial charge < -0.3 is 25.4 Å². The van der Waals surface area contributed by atoms with Crippen LogP contribution in [0.15, 0.2) is 24.3 Å². The SMILES string of the molecule is CCOc1ccc(NC(=O)CNC(=O)[C@H]2NCCO[C@@H]2C)cc1. The van der Waals surface area contributed by atoms with Crippen LogP contribution >= 0.6 is 0 Å². The van der Waals surface area contributed by atoms with E-state index in [1.54, 1.807) is 24.3 Å². The van der Waals surface area contributed by atoms with E-state index >= 15 is 0 Å². The molecule has 3 N–H and O–H groups in total. The standard InChI is InChI=1S/C16H23N3O4/c1-3-22-13-6-4-12(5-7-13)19-14(20)10-18-16(21)15-11(2)23-9-8-17-15/h4-7,11,15,17H,3,8-10H2,1-2H3,(H,18,21)(H,19,20)/t11-,15+/m1/s1. The highest BCUT2D eigenvalue weighted by Crippen LogP contribution is 2.15. The summed E-state index contributed by atoms with van der Waals surface area (Å²) in [5.74, 6) is 0.224. The molecule has 0 radical (unpaired) electrons. The number of hydrogen-bond donors (Lipinski definition) is 3. The van der Waals surface area contributed by atoms with Gasteiger partial charge in [0.2, 0.25) is 11.8 Å². The molecule has 2 amide bonds. The highest BCUT2D eigenvalue weighted by Gasteiger charge is 2.28. The number of anilines is 1. The lowest BCUT2D eigenvalue weighted by Crippen LogP contribution is -2.56. The molecule has 1 aliphatic heterocycles. The maximum Gasteiger partial charge on any atom is 0.243 e. The summed E-state index contributed by atoms with van der Waals surface area (Å²) in [6, 6.07) is 6.64. The maximum absolute atomic E-state index is 12.0. The van der Waals surface area contributed by atoms with Crippen molar-refractivity contribution in [1.29, 1.82) is 0 Å². The first-order valence-corrected chi connectivity index (χ1v) is 7.75. The van der Waals surface area contributed by atoms with Crippen LogP contribution in [0, 0.1) is 0 Å². The van der Waals surface area contributed by atoms with Crippen molar-refractivity contribution >= 4 is 17.5 Å². The van der Waals surface area contributed by atoms with Gasteiger partial charge in [-0.25, -0.2) is 0 Å². The van der Waals surface area contributed by atoms with Gasteiger partial charge in [-0.05, 0) is 38.1 Å². The Morgan fingerprint density at radius 2 is 2.09 bits per heavy atom. The van der Waals surface area contributed by atoms with Crippen molar-refractivity contribution in [3.63, 3.8) is 0 Å². The molecule has 0 spiro atoms. The topological polar surface area (TPSA) is 88.7 Å². The molecule has 1 fully saturated rings. The monoisotopic (exact) mass is 321 g/mol. The highest BCUT2D eigenvalue weighted by atomic mass is 16.5. The molecule has 1 aliphatic rings. The largest absolute Gasteiger partial charge is 0.494 e. The zero-order valence-corrected chi connectivity index (χ0v) is 13.4. The van der Waals surface area contributed by atoms with E-state index in [2.05, 4.69) is 16.0 Å². The number of carbonyl (C=O) groups is 2. The van der Waals surface area contributed by atoms with E-state index in [9.17, 15) is 9.59 Å². The predicted octanol–water partition coefficient (Wildman–Crippen LogP) is 0.517. The van der Waals surface area contributed by atoms with Crippen LogP contribution in [0.5, 0.6) is 5.75 Å². The van der Waals surface area contributed by atoms with Crippen molar-refractivity contribution in [2.24, 2.45) is 0 Å². The molecule has 2 atom stereocenters. The van der Waals surface area contributed by atoms with Crippen LogP contribution in [0.4, 0.5) is 5.69 Å². The molecule has 1 aromatic carbocycles. The molecule has 0 bridgehead atoms. The van der Waals surface area contributed by atoms with E-state index in [-0.39, 0.29) is 24.5 Å². The van der Waals surface area contributed by atoms with Crippen LogP contribution in [0.2, 0.25) is 0 Å². The van der Waals surface area contributed by atoms with Gasteiger partial charge in [0.15, 0.2) is 0 Å². The first-order chi connectivity index (χ1) is 11.1. The summed E-state index contributed by atoms with van der Waals surface area (Å²) in [5, 5.41) is 8.41. The smallest absolute Gasteiger partial charge is 0.243 e. The Kier molecular flexibility index (Phi) is 6.37. The Morgan fingerprint density at radius 3 is 2.74 bits per heavy atom. The van der Waals surface area contributed by atoms with Crippen LogP contribution in [-0.2, 0) is 14.3 Å². The quantitative estimate of drug-likeness (QED) is 0.711. The van der Waals surface area contributed by atoms with Gasteiger partial charge in [0.05, 0.1) is 25.9 Å². The minimum atomic E-state index is -0.429. The number of nitrogens with one attached hydrogen (secondary N) is 3. The molecule has 7 nitrogen and oxygen atoms in total. The molecule has 1 heterocycles. The van der Waals surface area contributed by atoms with Gasteiger partial charge in [-0.3, -0.25) is 9.59 Å². The third-order valence-electron chi connectivity index (χ3n) is 3.47. The zero-order chi connectivity index (χ0) is 16.7. The molecule has 126 valence electrons. The third-order valence-corrected chi connectivity index (χ3v) is 3.47. The summed E-state index contributed by atoms with van der Waals surface area (Å²) < 4.78 is 10.7. The lowest BCUT2D eigenvalue weighted by molar-refractivity contribution is -0.130. The Hall–Kier alpha value is -2.12. The molecule has 23 heavy (non-hydrogen) atoms. The molecule has 0 aliphatic carbocycles. The molecule has 1 saturated heterocycles.